The van der Waals surface area contributed by atoms with Gasteiger partial charge in [0.05, 0.1) is 31.1 Å². The van der Waals surface area contributed by atoms with Crippen LogP contribution in [-0.4, -0.2) is 52.2 Å². The molecule has 0 unspecified atom stereocenters. The second-order valence-corrected chi connectivity index (χ2v) is 6.48. The minimum Gasteiger partial charge on any atom is -0.397 e. The molecular weight excluding hydrogens is 342 g/mol. The molecule has 1 aliphatic rings. The van der Waals surface area contributed by atoms with Gasteiger partial charge in [-0.05, 0) is 30.7 Å². The van der Waals surface area contributed by atoms with Crippen LogP contribution in [0.3, 0.4) is 0 Å². The van der Waals surface area contributed by atoms with Gasteiger partial charge in [-0.2, -0.15) is 5.10 Å². The summed E-state index contributed by atoms with van der Waals surface area (Å²) in [6.45, 7) is 4.22. The van der Waals surface area contributed by atoms with Gasteiger partial charge in [-0.15, -0.1) is 0 Å². The second kappa shape index (κ2) is 7.16. The predicted octanol–water partition coefficient (Wildman–Crippen LogP) is 2.19. The highest BCUT2D eigenvalue weighted by molar-refractivity contribution is 6.01. The quantitative estimate of drug-likeness (QED) is 0.612. The molecule has 8 heteroatoms. The molecule has 8 nitrogen and oxygen atoms in total. The minimum absolute atomic E-state index is 0.218. The summed E-state index contributed by atoms with van der Waals surface area (Å²) in [7, 11) is 0. The monoisotopic (exact) mass is 363 g/mol. The van der Waals surface area contributed by atoms with E-state index in [-0.39, 0.29) is 6.04 Å². The molecule has 1 saturated heterocycles. The molecule has 0 aromatic carbocycles. The van der Waals surface area contributed by atoms with Crippen molar-refractivity contribution in [2.45, 2.75) is 13.0 Å². The Morgan fingerprint density at radius 1 is 1.48 bits per heavy atom. The van der Waals surface area contributed by atoms with E-state index in [4.69, 9.17) is 20.9 Å². The zero-order valence-corrected chi connectivity index (χ0v) is 15.0. The Morgan fingerprint density at radius 3 is 3.11 bits per heavy atom. The number of anilines is 1. The Bertz CT molecular complexity index is 997. The molecule has 1 atom stereocenters. The van der Waals surface area contributed by atoms with Crippen molar-refractivity contribution in [3.8, 4) is 11.1 Å². The van der Waals surface area contributed by atoms with Crippen molar-refractivity contribution in [3.63, 3.8) is 0 Å². The summed E-state index contributed by atoms with van der Waals surface area (Å²) in [5, 5.41) is 15.2. The van der Waals surface area contributed by atoms with Crippen LogP contribution in [0.2, 0.25) is 0 Å². The van der Waals surface area contributed by atoms with Gasteiger partial charge in [-0.3, -0.25) is 10.1 Å². The van der Waals surface area contributed by atoms with Crippen molar-refractivity contribution >= 4 is 28.6 Å². The summed E-state index contributed by atoms with van der Waals surface area (Å²) >= 11 is 0. The molecule has 0 saturated carbocycles. The Hall–Kier alpha value is -3.26. The number of morpholine rings is 1. The van der Waals surface area contributed by atoms with Gasteiger partial charge in [0.25, 0.3) is 0 Å². The lowest BCUT2D eigenvalue weighted by Crippen LogP contribution is -2.44. The minimum atomic E-state index is 0.218. The molecule has 0 bridgehead atoms. The van der Waals surface area contributed by atoms with Gasteiger partial charge in [0, 0.05) is 36.1 Å². The van der Waals surface area contributed by atoms with Crippen LogP contribution in [-0.2, 0) is 4.74 Å². The SMILES string of the molecule is C[C@@H]1COCCN1c1cc(-c2cn[nH]c2)c2ccnc(/C(N)=C/C=N)c2n1. The third-order valence-electron chi connectivity index (χ3n) is 4.72. The van der Waals surface area contributed by atoms with Gasteiger partial charge < -0.3 is 20.8 Å². The summed E-state index contributed by atoms with van der Waals surface area (Å²) in [6, 6.07) is 4.23. The first-order valence-electron chi connectivity index (χ1n) is 8.79. The van der Waals surface area contributed by atoms with E-state index in [0.29, 0.717) is 30.1 Å². The van der Waals surface area contributed by atoms with Gasteiger partial charge in [-0.25, -0.2) is 4.98 Å². The summed E-state index contributed by atoms with van der Waals surface area (Å²) in [4.78, 5) is 11.6. The lowest BCUT2D eigenvalue weighted by Gasteiger charge is -2.34. The van der Waals surface area contributed by atoms with E-state index in [2.05, 4.69) is 33.1 Å². The maximum Gasteiger partial charge on any atom is 0.130 e. The number of ether oxygens (including phenoxy) is 1. The lowest BCUT2D eigenvalue weighted by molar-refractivity contribution is 0.0986. The molecular formula is C19H21N7O. The van der Waals surface area contributed by atoms with E-state index in [1.54, 1.807) is 12.4 Å². The molecule has 0 spiro atoms. The van der Waals surface area contributed by atoms with E-state index in [1.165, 1.54) is 6.08 Å². The highest BCUT2D eigenvalue weighted by atomic mass is 16.5. The van der Waals surface area contributed by atoms with Crippen LogP contribution >= 0.6 is 0 Å². The second-order valence-electron chi connectivity index (χ2n) is 6.48. The van der Waals surface area contributed by atoms with E-state index in [9.17, 15) is 0 Å². The number of fused-ring (bicyclic) bond motifs is 1. The third kappa shape index (κ3) is 3.15. The van der Waals surface area contributed by atoms with E-state index in [1.807, 2.05) is 12.3 Å². The fourth-order valence-corrected chi connectivity index (χ4v) is 3.37. The molecule has 0 aliphatic carbocycles. The highest BCUT2D eigenvalue weighted by Crippen LogP contribution is 2.33. The van der Waals surface area contributed by atoms with Crippen LogP contribution < -0.4 is 10.6 Å². The van der Waals surface area contributed by atoms with Crippen molar-refractivity contribution in [2.24, 2.45) is 5.73 Å². The molecule has 1 aliphatic heterocycles. The first-order valence-corrected chi connectivity index (χ1v) is 8.79. The van der Waals surface area contributed by atoms with E-state index < -0.39 is 0 Å². The highest BCUT2D eigenvalue weighted by Gasteiger charge is 2.23. The number of nitrogens with one attached hydrogen (secondary N) is 2. The van der Waals surface area contributed by atoms with E-state index in [0.717, 1.165) is 35.1 Å². The van der Waals surface area contributed by atoms with Crippen LogP contribution in [0.25, 0.3) is 27.7 Å². The summed E-state index contributed by atoms with van der Waals surface area (Å²) < 4.78 is 5.57. The number of aromatic amines is 1. The van der Waals surface area contributed by atoms with Gasteiger partial charge in [0.15, 0.2) is 0 Å². The van der Waals surface area contributed by atoms with Gasteiger partial charge in [0.1, 0.15) is 17.0 Å². The largest absolute Gasteiger partial charge is 0.397 e. The fourth-order valence-electron chi connectivity index (χ4n) is 3.37. The number of allylic oxidation sites excluding steroid dienone is 1. The summed E-state index contributed by atoms with van der Waals surface area (Å²) in [5.41, 5.74) is 9.82. The smallest absolute Gasteiger partial charge is 0.130 e. The van der Waals surface area contributed by atoms with Crippen molar-refractivity contribution in [1.29, 1.82) is 5.41 Å². The molecule has 4 N–H and O–H groups in total. The average Bonchev–Trinajstić information content (AvgIpc) is 3.22. The number of H-pyrrole nitrogens is 1. The number of nitrogens with two attached hydrogens (primary N) is 1. The number of rotatable bonds is 4. The predicted molar refractivity (Wildman–Crippen MR) is 106 cm³/mol. The van der Waals surface area contributed by atoms with Crippen molar-refractivity contribution in [2.75, 3.05) is 24.7 Å². The molecule has 1 fully saturated rings. The van der Waals surface area contributed by atoms with Crippen LogP contribution in [0, 0.1) is 5.41 Å². The zero-order valence-electron chi connectivity index (χ0n) is 15.0. The number of aromatic nitrogens is 4. The van der Waals surface area contributed by atoms with Crippen LogP contribution in [0.5, 0.6) is 0 Å². The van der Waals surface area contributed by atoms with Crippen molar-refractivity contribution in [1.82, 2.24) is 20.2 Å². The molecule has 4 heterocycles. The van der Waals surface area contributed by atoms with Gasteiger partial charge in [-0.1, -0.05) is 0 Å². The molecule has 138 valence electrons. The van der Waals surface area contributed by atoms with Crippen LogP contribution in [0.1, 0.15) is 12.6 Å². The molecule has 3 aromatic rings. The average molecular weight is 363 g/mol. The van der Waals surface area contributed by atoms with Crippen molar-refractivity contribution < 1.29 is 4.74 Å². The standard InChI is InChI=1S/C19H21N7O/c1-12-11-27-7-6-26(12)17-8-15(13-9-23-24-10-13)14-3-5-22-19(18(14)25-17)16(21)2-4-20/h2-5,8-10,12,20H,6-7,11,21H2,1H3,(H,23,24)/b16-2-,20-4?/t12-/m1/s1. The number of nitrogens with zero attached hydrogens (tertiary/aromatic N) is 4. The molecule has 0 radical (unpaired) electrons. The topological polar surface area (TPSA) is 117 Å². The van der Waals surface area contributed by atoms with Crippen LogP contribution in [0.15, 0.2) is 36.8 Å². The Morgan fingerprint density at radius 2 is 2.37 bits per heavy atom. The zero-order chi connectivity index (χ0) is 18.8. The third-order valence-corrected chi connectivity index (χ3v) is 4.72. The molecule has 3 aromatic heterocycles. The summed E-state index contributed by atoms with van der Waals surface area (Å²) in [6.07, 6.45) is 8.03. The normalized spacial score (nSPS) is 18.0. The van der Waals surface area contributed by atoms with Crippen molar-refractivity contribution in [3.05, 3.63) is 42.5 Å². The van der Waals surface area contributed by atoms with Gasteiger partial charge in [0.2, 0.25) is 0 Å². The molecule has 4 rings (SSSR count). The Labute approximate surface area is 156 Å². The van der Waals surface area contributed by atoms with E-state index >= 15 is 0 Å². The fraction of sp³-hybridized carbons (Fsp3) is 0.263. The first kappa shape index (κ1) is 17.2. The maximum atomic E-state index is 7.31. The number of pyridine rings is 2. The maximum absolute atomic E-state index is 7.31. The van der Waals surface area contributed by atoms with Gasteiger partial charge >= 0.3 is 0 Å². The number of hydrogen-bond donors (Lipinski definition) is 3. The Balaban J connectivity index is 1.98. The number of hydrogen-bond acceptors (Lipinski definition) is 7. The van der Waals surface area contributed by atoms with Crippen LogP contribution in [0.4, 0.5) is 5.82 Å². The first-order chi connectivity index (χ1) is 13.2. The molecule has 0 amide bonds. The lowest BCUT2D eigenvalue weighted by atomic mass is 10.0. The molecule has 27 heavy (non-hydrogen) atoms. The Kier molecular flexibility index (Phi) is 4.55. The summed E-state index contributed by atoms with van der Waals surface area (Å²) in [5.74, 6) is 0.853.